The van der Waals surface area contributed by atoms with Crippen molar-refractivity contribution in [1.29, 1.82) is 0 Å². The van der Waals surface area contributed by atoms with Gasteiger partial charge in [0.05, 0.1) is 10.6 Å². The van der Waals surface area contributed by atoms with Crippen molar-refractivity contribution in [2.45, 2.75) is 0 Å². The topological polar surface area (TPSA) is 62.2 Å². The molecular formula is C13H8N2O2S3. The van der Waals surface area contributed by atoms with Gasteiger partial charge in [0.15, 0.2) is 0 Å². The molecule has 1 aliphatic rings. The number of carbonyl (C=O) groups excluding carboxylic acids is 1. The second-order valence-corrected chi connectivity index (χ2v) is 6.55. The van der Waals surface area contributed by atoms with Crippen LogP contribution in [0.4, 0.5) is 0 Å². The van der Waals surface area contributed by atoms with Gasteiger partial charge in [-0.1, -0.05) is 24.0 Å². The standard InChI is InChI=1S/C13H8N2O2S3/c16-9-3-1-7(2-4-9)12-14-8(6-19-12)5-10-11(17)15-13(18)20-10/h1-6,16H,(H,15,17,18)/b10-5-. The summed E-state index contributed by atoms with van der Waals surface area (Å²) in [5, 5.41) is 14.5. The molecule has 2 heterocycles. The van der Waals surface area contributed by atoms with E-state index < -0.39 is 0 Å². The molecule has 1 aliphatic heterocycles. The monoisotopic (exact) mass is 320 g/mol. The zero-order chi connectivity index (χ0) is 14.1. The van der Waals surface area contributed by atoms with Gasteiger partial charge in [0.25, 0.3) is 5.91 Å². The molecule has 0 aliphatic carbocycles. The Morgan fingerprint density at radius 2 is 2.05 bits per heavy atom. The average Bonchev–Trinajstić information content (AvgIpc) is 2.98. The molecule has 0 atom stereocenters. The molecule has 7 heteroatoms. The number of amides is 1. The molecule has 1 saturated heterocycles. The van der Waals surface area contributed by atoms with Crippen LogP contribution in [0.15, 0.2) is 34.6 Å². The summed E-state index contributed by atoms with van der Waals surface area (Å²) in [4.78, 5) is 16.6. The zero-order valence-corrected chi connectivity index (χ0v) is 12.4. The SMILES string of the molecule is O=C1NC(=S)S/C1=C\c1csc(-c2ccc(O)cc2)n1. The smallest absolute Gasteiger partial charge is 0.263 e. The normalized spacial score (nSPS) is 16.7. The van der Waals surface area contributed by atoms with Gasteiger partial charge in [-0.15, -0.1) is 11.3 Å². The van der Waals surface area contributed by atoms with Gasteiger partial charge < -0.3 is 10.4 Å². The molecule has 0 bridgehead atoms. The van der Waals surface area contributed by atoms with Crippen molar-refractivity contribution in [3.05, 3.63) is 40.2 Å². The number of hydrogen-bond acceptors (Lipinski definition) is 6. The third kappa shape index (κ3) is 2.74. The second-order valence-electron chi connectivity index (χ2n) is 3.98. The van der Waals surface area contributed by atoms with E-state index in [1.54, 1.807) is 30.3 Å². The van der Waals surface area contributed by atoms with Crippen LogP contribution in [0.5, 0.6) is 5.75 Å². The lowest BCUT2D eigenvalue weighted by Crippen LogP contribution is -2.17. The predicted molar refractivity (Wildman–Crippen MR) is 85.5 cm³/mol. The van der Waals surface area contributed by atoms with Crippen LogP contribution in [0.3, 0.4) is 0 Å². The van der Waals surface area contributed by atoms with Crippen molar-refractivity contribution in [3.63, 3.8) is 0 Å². The van der Waals surface area contributed by atoms with Crippen LogP contribution in [-0.4, -0.2) is 20.3 Å². The molecule has 1 aromatic heterocycles. The molecule has 2 N–H and O–H groups in total. The molecule has 3 rings (SSSR count). The van der Waals surface area contributed by atoms with Crippen LogP contribution >= 0.6 is 35.3 Å². The molecule has 1 aromatic carbocycles. The average molecular weight is 320 g/mol. The van der Waals surface area contributed by atoms with E-state index in [0.717, 1.165) is 16.3 Å². The van der Waals surface area contributed by atoms with Crippen LogP contribution < -0.4 is 5.32 Å². The van der Waals surface area contributed by atoms with Crippen molar-refractivity contribution < 1.29 is 9.90 Å². The molecule has 4 nitrogen and oxygen atoms in total. The number of benzene rings is 1. The molecule has 1 amide bonds. The first-order valence-corrected chi connectivity index (χ1v) is 7.72. The fourth-order valence-corrected chi connectivity index (χ4v) is 3.46. The minimum absolute atomic E-state index is 0.181. The van der Waals surface area contributed by atoms with Gasteiger partial charge in [-0.05, 0) is 30.3 Å². The second kappa shape index (κ2) is 5.35. The number of thiocarbonyl (C=S) groups is 1. The van der Waals surface area contributed by atoms with Crippen molar-refractivity contribution in [2.75, 3.05) is 0 Å². The third-order valence-electron chi connectivity index (χ3n) is 2.56. The first-order valence-electron chi connectivity index (χ1n) is 5.61. The Kier molecular flexibility index (Phi) is 3.56. The molecular weight excluding hydrogens is 312 g/mol. The summed E-state index contributed by atoms with van der Waals surface area (Å²) in [5.74, 6) is 0.0411. The van der Waals surface area contributed by atoms with Gasteiger partial charge in [-0.3, -0.25) is 4.79 Å². The van der Waals surface area contributed by atoms with Crippen LogP contribution in [0.1, 0.15) is 5.69 Å². The Hall–Kier alpha value is -1.70. The molecule has 20 heavy (non-hydrogen) atoms. The molecule has 100 valence electrons. The number of phenolic OH excluding ortho intramolecular Hbond substituents is 1. The minimum Gasteiger partial charge on any atom is -0.508 e. The maximum Gasteiger partial charge on any atom is 0.263 e. The van der Waals surface area contributed by atoms with Crippen LogP contribution in [0, 0.1) is 0 Å². The number of phenols is 1. The predicted octanol–water partition coefficient (Wildman–Crippen LogP) is 3.00. The molecule has 0 radical (unpaired) electrons. The highest BCUT2D eigenvalue weighted by molar-refractivity contribution is 8.26. The van der Waals surface area contributed by atoms with Crippen molar-refractivity contribution in [2.24, 2.45) is 0 Å². The van der Waals surface area contributed by atoms with E-state index in [2.05, 4.69) is 10.3 Å². The lowest BCUT2D eigenvalue weighted by Gasteiger charge is -1.95. The lowest BCUT2D eigenvalue weighted by atomic mass is 10.2. The molecule has 0 saturated carbocycles. The zero-order valence-electron chi connectivity index (χ0n) is 9.99. The van der Waals surface area contributed by atoms with Crippen LogP contribution in [-0.2, 0) is 4.79 Å². The van der Waals surface area contributed by atoms with Gasteiger partial charge in [0.2, 0.25) is 0 Å². The summed E-state index contributed by atoms with van der Waals surface area (Å²) in [5.41, 5.74) is 1.65. The number of aromatic hydroxyl groups is 1. The van der Waals surface area contributed by atoms with E-state index in [1.165, 1.54) is 23.1 Å². The summed E-state index contributed by atoms with van der Waals surface area (Å²) in [6.07, 6.45) is 1.72. The summed E-state index contributed by atoms with van der Waals surface area (Å²) in [7, 11) is 0. The largest absolute Gasteiger partial charge is 0.508 e. The van der Waals surface area contributed by atoms with Crippen LogP contribution in [0.2, 0.25) is 0 Å². The maximum absolute atomic E-state index is 11.6. The third-order valence-corrected chi connectivity index (χ3v) is 4.63. The highest BCUT2D eigenvalue weighted by Crippen LogP contribution is 2.29. The minimum atomic E-state index is -0.181. The summed E-state index contributed by atoms with van der Waals surface area (Å²) >= 11 is 7.65. The number of aromatic nitrogens is 1. The van der Waals surface area contributed by atoms with E-state index >= 15 is 0 Å². The summed E-state index contributed by atoms with van der Waals surface area (Å²) in [6.45, 7) is 0. The fraction of sp³-hybridized carbons (Fsp3) is 0. The van der Waals surface area contributed by atoms with Gasteiger partial charge >= 0.3 is 0 Å². The number of carbonyl (C=O) groups is 1. The molecule has 0 spiro atoms. The summed E-state index contributed by atoms with van der Waals surface area (Å²) < 4.78 is 0.468. The van der Waals surface area contributed by atoms with E-state index in [0.29, 0.717) is 9.23 Å². The lowest BCUT2D eigenvalue weighted by molar-refractivity contribution is -0.115. The van der Waals surface area contributed by atoms with Gasteiger partial charge in [0.1, 0.15) is 15.1 Å². The number of hydrogen-bond donors (Lipinski definition) is 2. The molecule has 2 aromatic rings. The van der Waals surface area contributed by atoms with Gasteiger partial charge in [0, 0.05) is 10.9 Å². The maximum atomic E-state index is 11.6. The summed E-state index contributed by atoms with van der Waals surface area (Å²) in [6, 6.07) is 6.84. The van der Waals surface area contributed by atoms with E-state index in [4.69, 9.17) is 12.2 Å². The van der Waals surface area contributed by atoms with E-state index in [9.17, 15) is 9.90 Å². The number of nitrogens with one attached hydrogen (secondary N) is 1. The van der Waals surface area contributed by atoms with Crippen molar-refractivity contribution in [1.82, 2.24) is 10.3 Å². The highest BCUT2D eigenvalue weighted by atomic mass is 32.2. The van der Waals surface area contributed by atoms with Gasteiger partial charge in [-0.2, -0.15) is 0 Å². The Bertz CT molecular complexity index is 719. The van der Waals surface area contributed by atoms with Crippen LogP contribution in [0.25, 0.3) is 16.6 Å². The number of thioether (sulfide) groups is 1. The first kappa shape index (κ1) is 13.3. The van der Waals surface area contributed by atoms with Crippen molar-refractivity contribution >= 4 is 51.6 Å². The molecule has 0 unspecified atom stereocenters. The Morgan fingerprint density at radius 1 is 1.30 bits per heavy atom. The quantitative estimate of drug-likeness (QED) is 0.658. The van der Waals surface area contributed by atoms with Gasteiger partial charge in [-0.25, -0.2) is 4.98 Å². The van der Waals surface area contributed by atoms with E-state index in [1.807, 2.05) is 5.38 Å². The Balaban J connectivity index is 1.87. The molecule has 1 fully saturated rings. The van der Waals surface area contributed by atoms with E-state index in [-0.39, 0.29) is 11.7 Å². The number of rotatable bonds is 2. The highest BCUT2D eigenvalue weighted by Gasteiger charge is 2.22. The number of nitrogens with zero attached hydrogens (tertiary/aromatic N) is 1. The Labute approximate surface area is 128 Å². The Morgan fingerprint density at radius 3 is 2.70 bits per heavy atom. The fourth-order valence-electron chi connectivity index (χ4n) is 1.64. The van der Waals surface area contributed by atoms with Crippen molar-refractivity contribution in [3.8, 4) is 16.3 Å². The first-order chi connectivity index (χ1) is 9.61. The number of thiazole rings is 1.